The van der Waals surface area contributed by atoms with Crippen molar-refractivity contribution in [2.24, 2.45) is 0 Å². The predicted octanol–water partition coefficient (Wildman–Crippen LogP) is 1.76. The van der Waals surface area contributed by atoms with E-state index in [0.29, 0.717) is 31.8 Å². The largest absolute Gasteiger partial charge is 0.382 e. The molecule has 3 nitrogen and oxygen atoms in total. The van der Waals surface area contributed by atoms with Gasteiger partial charge in [-0.3, -0.25) is 0 Å². The van der Waals surface area contributed by atoms with Crippen LogP contribution in [0.3, 0.4) is 0 Å². The van der Waals surface area contributed by atoms with Gasteiger partial charge in [0, 0.05) is 13.2 Å². The molecule has 0 aliphatic rings. The summed E-state index contributed by atoms with van der Waals surface area (Å²) in [5, 5.41) is 3.02. The van der Waals surface area contributed by atoms with Crippen LogP contribution in [0.15, 0.2) is 18.2 Å². The zero-order valence-corrected chi connectivity index (χ0v) is 10.7. The molecule has 5 heteroatoms. The van der Waals surface area contributed by atoms with Crippen LogP contribution in [0, 0.1) is 11.6 Å². The second-order valence-corrected chi connectivity index (χ2v) is 3.99. The molecule has 1 aromatic rings. The molecule has 0 amide bonds. The van der Waals surface area contributed by atoms with Crippen LogP contribution >= 0.6 is 0 Å². The molecule has 18 heavy (non-hydrogen) atoms. The molecule has 0 spiro atoms. The summed E-state index contributed by atoms with van der Waals surface area (Å²) in [6.07, 6.45) is 0.382. The van der Waals surface area contributed by atoms with Gasteiger partial charge in [-0.25, -0.2) is 8.78 Å². The van der Waals surface area contributed by atoms with Crippen LogP contribution in [-0.2, 0) is 15.9 Å². The highest BCUT2D eigenvalue weighted by Gasteiger charge is 2.11. The van der Waals surface area contributed by atoms with E-state index in [2.05, 4.69) is 5.32 Å². The summed E-state index contributed by atoms with van der Waals surface area (Å²) >= 11 is 0. The smallest absolute Gasteiger partial charge is 0.126 e. The minimum atomic E-state index is -0.429. The Labute approximate surface area is 106 Å². The molecule has 1 atom stereocenters. The fraction of sp³-hybridized carbons (Fsp3) is 0.538. The van der Waals surface area contributed by atoms with Gasteiger partial charge in [0.1, 0.15) is 11.6 Å². The number of hydrogen-bond acceptors (Lipinski definition) is 3. The van der Waals surface area contributed by atoms with Gasteiger partial charge in [-0.2, -0.15) is 0 Å². The number of halogens is 2. The quantitative estimate of drug-likeness (QED) is 0.722. The summed E-state index contributed by atoms with van der Waals surface area (Å²) in [4.78, 5) is 0. The fourth-order valence-electron chi connectivity index (χ4n) is 1.58. The number of benzene rings is 1. The third-order valence-corrected chi connectivity index (χ3v) is 2.63. The molecule has 0 saturated carbocycles. The van der Waals surface area contributed by atoms with Crippen LogP contribution in [-0.4, -0.2) is 40.0 Å². The molecule has 0 radical (unpaired) electrons. The van der Waals surface area contributed by atoms with Crippen molar-refractivity contribution < 1.29 is 18.3 Å². The van der Waals surface area contributed by atoms with Crippen LogP contribution in [0.5, 0.6) is 0 Å². The number of likely N-dealkylation sites (N-methyl/N-ethyl adjacent to an activating group) is 1. The van der Waals surface area contributed by atoms with Gasteiger partial charge in [0.05, 0.1) is 19.8 Å². The third-order valence-electron chi connectivity index (χ3n) is 2.63. The highest BCUT2D eigenvalue weighted by atomic mass is 19.1. The first-order chi connectivity index (χ1) is 8.67. The normalized spacial score (nSPS) is 12.7. The summed E-state index contributed by atoms with van der Waals surface area (Å²) in [5.74, 6) is -0.824. The first-order valence-electron chi connectivity index (χ1n) is 5.85. The van der Waals surface area contributed by atoms with Crippen molar-refractivity contribution in [2.45, 2.75) is 12.5 Å². The second kappa shape index (κ2) is 8.13. The number of rotatable bonds is 8. The van der Waals surface area contributed by atoms with Crippen molar-refractivity contribution >= 4 is 0 Å². The van der Waals surface area contributed by atoms with Crippen LogP contribution in [0.2, 0.25) is 0 Å². The molecular weight excluding hydrogens is 240 g/mol. The Morgan fingerprint density at radius 2 is 2.06 bits per heavy atom. The van der Waals surface area contributed by atoms with Crippen molar-refractivity contribution in [3.05, 3.63) is 35.4 Å². The molecule has 0 bridgehead atoms. The van der Waals surface area contributed by atoms with E-state index in [1.54, 1.807) is 14.2 Å². The lowest BCUT2D eigenvalue weighted by Gasteiger charge is -2.16. The summed E-state index contributed by atoms with van der Waals surface area (Å²) in [7, 11) is 3.36. The summed E-state index contributed by atoms with van der Waals surface area (Å²) in [6.45, 7) is 1.43. The number of hydrogen-bond donors (Lipinski definition) is 1. The molecule has 1 aromatic carbocycles. The molecule has 0 aromatic heterocycles. The molecule has 0 aliphatic carbocycles. The van der Waals surface area contributed by atoms with E-state index in [1.165, 1.54) is 6.07 Å². The third kappa shape index (κ3) is 5.08. The van der Waals surface area contributed by atoms with E-state index in [0.717, 1.165) is 12.1 Å². The Morgan fingerprint density at radius 3 is 2.72 bits per heavy atom. The molecule has 0 aliphatic heterocycles. The average Bonchev–Trinajstić information content (AvgIpc) is 2.37. The Morgan fingerprint density at radius 1 is 1.28 bits per heavy atom. The van der Waals surface area contributed by atoms with E-state index in [1.807, 2.05) is 0 Å². The van der Waals surface area contributed by atoms with Crippen LogP contribution in [0.25, 0.3) is 0 Å². The zero-order valence-electron chi connectivity index (χ0n) is 10.7. The van der Waals surface area contributed by atoms with Crippen LogP contribution < -0.4 is 5.32 Å². The van der Waals surface area contributed by atoms with Gasteiger partial charge in [-0.1, -0.05) is 0 Å². The van der Waals surface area contributed by atoms with Crippen molar-refractivity contribution in [1.29, 1.82) is 0 Å². The van der Waals surface area contributed by atoms with Crippen molar-refractivity contribution in [1.82, 2.24) is 5.32 Å². The van der Waals surface area contributed by atoms with E-state index in [9.17, 15) is 8.78 Å². The highest BCUT2D eigenvalue weighted by Crippen LogP contribution is 2.12. The molecule has 1 rings (SSSR count). The Balaban J connectivity index is 2.48. The summed E-state index contributed by atoms with van der Waals surface area (Å²) < 4.78 is 36.7. The van der Waals surface area contributed by atoms with Gasteiger partial charge >= 0.3 is 0 Å². The van der Waals surface area contributed by atoms with Gasteiger partial charge in [0.15, 0.2) is 0 Å². The van der Waals surface area contributed by atoms with Crippen molar-refractivity contribution in [2.75, 3.05) is 34.0 Å². The Bertz CT molecular complexity index is 361. The number of methoxy groups -OCH3 is 1. The van der Waals surface area contributed by atoms with E-state index < -0.39 is 11.6 Å². The summed E-state index contributed by atoms with van der Waals surface area (Å²) in [5.41, 5.74) is 0.352. The monoisotopic (exact) mass is 259 g/mol. The number of nitrogens with one attached hydrogen (secondary N) is 1. The van der Waals surface area contributed by atoms with E-state index in [4.69, 9.17) is 9.47 Å². The first kappa shape index (κ1) is 15.0. The molecule has 102 valence electrons. The standard InChI is InChI=1S/C13H19F2NO2/c1-16-12(9-18-6-5-17-2)8-10-7-11(14)3-4-13(10)15/h3-4,7,12,16H,5-6,8-9H2,1-2H3. The summed E-state index contributed by atoms with van der Waals surface area (Å²) in [6, 6.07) is 3.42. The average molecular weight is 259 g/mol. The Hall–Kier alpha value is -1.04. The van der Waals surface area contributed by atoms with Crippen LogP contribution in [0.1, 0.15) is 5.56 Å². The van der Waals surface area contributed by atoms with E-state index >= 15 is 0 Å². The van der Waals surface area contributed by atoms with Crippen LogP contribution in [0.4, 0.5) is 8.78 Å². The number of ether oxygens (including phenoxy) is 2. The maximum atomic E-state index is 13.5. The maximum absolute atomic E-state index is 13.5. The maximum Gasteiger partial charge on any atom is 0.126 e. The van der Waals surface area contributed by atoms with Crippen molar-refractivity contribution in [3.8, 4) is 0 Å². The molecule has 0 heterocycles. The van der Waals surface area contributed by atoms with Gasteiger partial charge in [0.25, 0.3) is 0 Å². The minimum absolute atomic E-state index is 0.0573. The molecule has 0 saturated heterocycles. The lowest BCUT2D eigenvalue weighted by molar-refractivity contribution is 0.0596. The predicted molar refractivity (Wildman–Crippen MR) is 65.6 cm³/mol. The molecule has 1 unspecified atom stereocenters. The van der Waals surface area contributed by atoms with Gasteiger partial charge in [0.2, 0.25) is 0 Å². The SMILES string of the molecule is CNC(COCCOC)Cc1cc(F)ccc1F. The lowest BCUT2D eigenvalue weighted by Crippen LogP contribution is -2.33. The molecular formula is C13H19F2NO2. The minimum Gasteiger partial charge on any atom is -0.382 e. The zero-order chi connectivity index (χ0) is 13.4. The highest BCUT2D eigenvalue weighted by molar-refractivity contribution is 5.19. The molecule has 0 fully saturated rings. The lowest BCUT2D eigenvalue weighted by atomic mass is 10.1. The van der Waals surface area contributed by atoms with Gasteiger partial charge < -0.3 is 14.8 Å². The topological polar surface area (TPSA) is 30.5 Å². The van der Waals surface area contributed by atoms with Crippen molar-refractivity contribution in [3.63, 3.8) is 0 Å². The fourth-order valence-corrected chi connectivity index (χ4v) is 1.58. The van der Waals surface area contributed by atoms with Gasteiger partial charge in [-0.05, 0) is 37.2 Å². The second-order valence-electron chi connectivity index (χ2n) is 3.99. The van der Waals surface area contributed by atoms with E-state index in [-0.39, 0.29) is 6.04 Å². The van der Waals surface area contributed by atoms with Gasteiger partial charge in [-0.15, -0.1) is 0 Å². The molecule has 1 N–H and O–H groups in total. The Kier molecular flexibility index (Phi) is 6.78. The first-order valence-corrected chi connectivity index (χ1v) is 5.85.